The van der Waals surface area contributed by atoms with Gasteiger partial charge in [-0.1, -0.05) is 0 Å². The maximum atomic E-state index is 14.2. The van der Waals surface area contributed by atoms with Crippen LogP contribution in [0.1, 0.15) is 6.92 Å². The van der Waals surface area contributed by atoms with Crippen LogP contribution in [0.4, 0.5) is 9.18 Å². The summed E-state index contributed by atoms with van der Waals surface area (Å²) < 4.78 is 23.1. The van der Waals surface area contributed by atoms with E-state index in [-0.39, 0.29) is 6.61 Å². The number of carbonyl (C=O) groups excluding carboxylic acids is 3. The molecule has 8 heteroatoms. The van der Waals surface area contributed by atoms with Crippen LogP contribution in [0, 0.1) is 0 Å². The van der Waals surface area contributed by atoms with E-state index in [0.29, 0.717) is 0 Å². The second-order valence-electron chi connectivity index (χ2n) is 2.98. The molecule has 1 aliphatic rings. The van der Waals surface area contributed by atoms with Gasteiger partial charge in [0.15, 0.2) is 6.23 Å². The van der Waals surface area contributed by atoms with E-state index in [9.17, 15) is 18.8 Å². The van der Waals surface area contributed by atoms with Crippen molar-refractivity contribution in [3.63, 3.8) is 0 Å². The number of amides is 3. The monoisotopic (exact) mass is 234 g/mol. The fourth-order valence-electron chi connectivity index (χ4n) is 1.22. The number of urea groups is 1. The number of carbonyl (C=O) groups is 3. The van der Waals surface area contributed by atoms with Crippen LogP contribution in [-0.4, -0.2) is 43.5 Å². The number of rotatable bonds is 3. The van der Waals surface area contributed by atoms with Crippen molar-refractivity contribution in [3.8, 4) is 0 Å². The van der Waals surface area contributed by atoms with Crippen LogP contribution in [0.25, 0.3) is 0 Å². The number of alkyl halides is 1. The molecule has 1 aliphatic heterocycles. The van der Waals surface area contributed by atoms with Crippen LogP contribution >= 0.6 is 0 Å². The normalized spacial score (nSPS) is 29.3. The fraction of sp³-hybridized carbons (Fsp3) is 0.625. The van der Waals surface area contributed by atoms with E-state index >= 15 is 0 Å². The second-order valence-corrected chi connectivity index (χ2v) is 2.98. The molecule has 1 heterocycles. The molecule has 1 saturated heterocycles. The smallest absolute Gasteiger partial charge is 0.358 e. The van der Waals surface area contributed by atoms with Crippen molar-refractivity contribution in [1.29, 1.82) is 0 Å². The third-order valence-electron chi connectivity index (χ3n) is 1.99. The Bertz CT molecular complexity index is 334. The minimum atomic E-state index is -3.07. The number of esters is 1. The summed E-state index contributed by atoms with van der Waals surface area (Å²) in [5.74, 6) is -2.80. The lowest BCUT2D eigenvalue weighted by molar-refractivity contribution is -0.176. The van der Waals surface area contributed by atoms with E-state index in [2.05, 4.69) is 9.47 Å². The van der Waals surface area contributed by atoms with E-state index in [1.54, 1.807) is 5.32 Å². The molecular formula is C8H11FN2O5. The van der Waals surface area contributed by atoms with Gasteiger partial charge in [0.25, 0.3) is 5.91 Å². The highest BCUT2D eigenvalue weighted by Gasteiger charge is 2.59. The summed E-state index contributed by atoms with van der Waals surface area (Å²) in [6.07, 6.45) is -1.70. The third-order valence-corrected chi connectivity index (χ3v) is 1.99. The van der Waals surface area contributed by atoms with Gasteiger partial charge in [-0.3, -0.25) is 10.1 Å². The van der Waals surface area contributed by atoms with Crippen LogP contribution in [-0.2, 0) is 19.1 Å². The van der Waals surface area contributed by atoms with E-state index in [1.807, 2.05) is 5.32 Å². The molecule has 0 aromatic heterocycles. The molecule has 2 atom stereocenters. The Balaban J connectivity index is 3.00. The van der Waals surface area contributed by atoms with Crippen LogP contribution in [0.3, 0.4) is 0 Å². The summed E-state index contributed by atoms with van der Waals surface area (Å²) in [6, 6.07) is -0.936. The Kier molecular flexibility index (Phi) is 3.43. The van der Waals surface area contributed by atoms with Crippen molar-refractivity contribution in [3.05, 3.63) is 0 Å². The highest BCUT2D eigenvalue weighted by Crippen LogP contribution is 2.22. The Morgan fingerprint density at radius 1 is 1.56 bits per heavy atom. The van der Waals surface area contributed by atoms with Gasteiger partial charge in [0.1, 0.15) is 0 Å². The lowest BCUT2D eigenvalue weighted by Gasteiger charge is -2.33. The lowest BCUT2D eigenvalue weighted by atomic mass is 10.0. The minimum absolute atomic E-state index is 0.0951. The molecule has 0 aromatic rings. The minimum Gasteiger partial charge on any atom is -0.463 e. The molecule has 0 bridgehead atoms. The summed E-state index contributed by atoms with van der Waals surface area (Å²) in [4.78, 5) is 33.5. The van der Waals surface area contributed by atoms with Crippen molar-refractivity contribution in [2.24, 2.45) is 0 Å². The molecule has 1 rings (SSSR count). The highest BCUT2D eigenvalue weighted by atomic mass is 19.1. The zero-order valence-corrected chi connectivity index (χ0v) is 8.70. The predicted octanol–water partition coefficient (Wildman–Crippen LogP) is -0.930. The molecule has 1 fully saturated rings. The molecule has 0 aromatic carbocycles. The average molecular weight is 234 g/mol. The first-order chi connectivity index (χ1) is 7.46. The molecule has 0 aliphatic carbocycles. The third kappa shape index (κ3) is 1.83. The van der Waals surface area contributed by atoms with E-state index < -0.39 is 29.8 Å². The lowest BCUT2D eigenvalue weighted by Crippen LogP contribution is -2.70. The quantitative estimate of drug-likeness (QED) is 0.486. The Labute approximate surface area is 90.3 Å². The summed E-state index contributed by atoms with van der Waals surface area (Å²) in [5, 5.41) is 3.59. The van der Waals surface area contributed by atoms with Gasteiger partial charge in [-0.15, -0.1) is 0 Å². The standard InChI is InChI=1S/C8H11FN2O5/c1-3-16-6(13)8(9)4(12)10-7(14)11-5(8)15-2/h5H,3H2,1-2H3,(H2,10,11,12,14). The van der Waals surface area contributed by atoms with Gasteiger partial charge >= 0.3 is 17.7 Å². The summed E-state index contributed by atoms with van der Waals surface area (Å²) in [5.41, 5.74) is -3.07. The first kappa shape index (κ1) is 12.4. The number of halogens is 1. The maximum absolute atomic E-state index is 14.2. The van der Waals surface area contributed by atoms with Crippen LogP contribution < -0.4 is 10.6 Å². The summed E-state index contributed by atoms with van der Waals surface area (Å²) in [7, 11) is 1.05. The van der Waals surface area contributed by atoms with Crippen LogP contribution in [0.15, 0.2) is 0 Å². The first-order valence-corrected chi connectivity index (χ1v) is 4.47. The Morgan fingerprint density at radius 2 is 2.19 bits per heavy atom. The van der Waals surface area contributed by atoms with Crippen molar-refractivity contribution in [1.82, 2.24) is 10.6 Å². The molecule has 90 valence electrons. The zero-order chi connectivity index (χ0) is 12.3. The van der Waals surface area contributed by atoms with Crippen LogP contribution in [0.2, 0.25) is 0 Å². The molecule has 0 saturated carbocycles. The Morgan fingerprint density at radius 3 is 2.69 bits per heavy atom. The number of nitrogens with one attached hydrogen (secondary N) is 2. The van der Waals surface area contributed by atoms with E-state index in [1.165, 1.54) is 6.92 Å². The van der Waals surface area contributed by atoms with Gasteiger partial charge in [0.05, 0.1) is 6.61 Å². The number of imide groups is 1. The second kappa shape index (κ2) is 4.44. The van der Waals surface area contributed by atoms with E-state index in [4.69, 9.17) is 0 Å². The fourth-order valence-corrected chi connectivity index (χ4v) is 1.22. The average Bonchev–Trinajstić information content (AvgIpc) is 2.23. The number of ether oxygens (including phenoxy) is 2. The zero-order valence-electron chi connectivity index (χ0n) is 8.70. The molecule has 2 N–H and O–H groups in total. The van der Waals surface area contributed by atoms with Crippen molar-refractivity contribution in [2.75, 3.05) is 13.7 Å². The summed E-state index contributed by atoms with van der Waals surface area (Å²) in [6.45, 7) is 1.37. The van der Waals surface area contributed by atoms with Gasteiger partial charge in [-0.25, -0.2) is 14.0 Å². The van der Waals surface area contributed by atoms with Gasteiger partial charge in [0.2, 0.25) is 0 Å². The van der Waals surface area contributed by atoms with Gasteiger partial charge in [-0.05, 0) is 6.92 Å². The molecule has 0 spiro atoms. The summed E-state index contributed by atoms with van der Waals surface area (Å²) >= 11 is 0. The number of methoxy groups -OCH3 is 1. The molecule has 16 heavy (non-hydrogen) atoms. The molecule has 3 amide bonds. The van der Waals surface area contributed by atoms with Crippen molar-refractivity contribution < 1.29 is 28.2 Å². The Hall–Kier alpha value is -1.70. The highest BCUT2D eigenvalue weighted by molar-refractivity contribution is 6.13. The number of hydrogen-bond donors (Lipinski definition) is 2. The van der Waals surface area contributed by atoms with Gasteiger partial charge < -0.3 is 14.8 Å². The molecular weight excluding hydrogens is 223 g/mol. The number of hydrogen-bond acceptors (Lipinski definition) is 5. The van der Waals surface area contributed by atoms with Crippen molar-refractivity contribution in [2.45, 2.75) is 18.8 Å². The molecule has 0 radical (unpaired) electrons. The van der Waals surface area contributed by atoms with Gasteiger partial charge in [-0.2, -0.15) is 0 Å². The predicted molar refractivity (Wildman–Crippen MR) is 47.9 cm³/mol. The van der Waals surface area contributed by atoms with Crippen molar-refractivity contribution >= 4 is 17.9 Å². The molecule has 2 unspecified atom stereocenters. The van der Waals surface area contributed by atoms with Gasteiger partial charge in [0, 0.05) is 7.11 Å². The maximum Gasteiger partial charge on any atom is 0.358 e. The topological polar surface area (TPSA) is 93.7 Å². The first-order valence-electron chi connectivity index (χ1n) is 4.47. The van der Waals surface area contributed by atoms with Crippen LogP contribution in [0.5, 0.6) is 0 Å². The SMILES string of the molecule is CCOC(=O)C1(F)C(=O)NC(=O)NC1OC. The van der Waals surface area contributed by atoms with E-state index in [0.717, 1.165) is 7.11 Å². The largest absolute Gasteiger partial charge is 0.463 e. The molecule has 7 nitrogen and oxygen atoms in total.